The molecule has 0 spiro atoms. The van der Waals surface area contributed by atoms with Crippen LogP contribution in [-0.2, 0) is 6.54 Å². The number of nitrogens with zero attached hydrogens (tertiary/aromatic N) is 5. The van der Waals surface area contributed by atoms with Gasteiger partial charge in [0.05, 0.1) is 12.2 Å². The molecule has 0 atom stereocenters. The molecule has 0 radical (unpaired) electrons. The highest BCUT2D eigenvalue weighted by atomic mass is 16.1. The van der Waals surface area contributed by atoms with Crippen LogP contribution in [0.3, 0.4) is 0 Å². The van der Waals surface area contributed by atoms with E-state index in [4.69, 9.17) is 0 Å². The summed E-state index contributed by atoms with van der Waals surface area (Å²) < 4.78 is 1.58. The zero-order valence-electron chi connectivity index (χ0n) is 12.6. The lowest BCUT2D eigenvalue weighted by Crippen LogP contribution is -2.50. The molecular formula is C16H19N5O. The summed E-state index contributed by atoms with van der Waals surface area (Å²) in [7, 11) is 0. The Bertz CT molecular complexity index is 746. The molecule has 0 bridgehead atoms. The lowest BCUT2D eigenvalue weighted by atomic mass is 10.0. The largest absolute Gasteiger partial charge is 0.356 e. The number of anilines is 1. The molecule has 1 aliphatic heterocycles. The fourth-order valence-electron chi connectivity index (χ4n) is 2.88. The fraction of sp³-hybridized carbons (Fsp3) is 0.500. The van der Waals surface area contributed by atoms with Gasteiger partial charge in [0.25, 0.3) is 5.56 Å². The van der Waals surface area contributed by atoms with Crippen LogP contribution >= 0.6 is 0 Å². The molecule has 6 heteroatoms. The predicted octanol–water partition coefficient (Wildman–Crippen LogP) is 1.36. The Hall–Kier alpha value is -2.24. The number of hydrogen-bond acceptors (Lipinski definition) is 5. The summed E-state index contributed by atoms with van der Waals surface area (Å²) >= 11 is 0. The Kier molecular flexibility index (Phi) is 3.17. The van der Waals surface area contributed by atoms with Crippen molar-refractivity contribution in [3.63, 3.8) is 0 Å². The molecule has 2 aromatic heterocycles. The normalized spacial score (nSPS) is 18.3. The molecule has 0 N–H and O–H groups in total. The van der Waals surface area contributed by atoms with E-state index in [1.165, 1.54) is 12.8 Å². The first-order valence-electron chi connectivity index (χ1n) is 7.82. The summed E-state index contributed by atoms with van der Waals surface area (Å²) in [5, 5.41) is 4.30. The van der Waals surface area contributed by atoms with E-state index in [9.17, 15) is 4.79 Å². The second-order valence-corrected chi connectivity index (χ2v) is 6.31. The monoisotopic (exact) mass is 297 g/mol. The van der Waals surface area contributed by atoms with Crippen LogP contribution in [0, 0.1) is 12.8 Å². The van der Waals surface area contributed by atoms with Crippen molar-refractivity contribution in [1.82, 2.24) is 19.7 Å². The molecule has 0 amide bonds. The highest BCUT2D eigenvalue weighted by molar-refractivity contribution is 5.41. The van der Waals surface area contributed by atoms with Crippen molar-refractivity contribution in [3.8, 4) is 0 Å². The topological polar surface area (TPSA) is 63.9 Å². The third-order valence-corrected chi connectivity index (χ3v) is 4.31. The van der Waals surface area contributed by atoms with Gasteiger partial charge in [0.15, 0.2) is 0 Å². The highest BCUT2D eigenvalue weighted by Crippen LogP contribution is 2.38. The highest BCUT2D eigenvalue weighted by Gasteiger charge is 2.31. The number of aryl methyl sites for hydroxylation is 1. The molecule has 2 fully saturated rings. The van der Waals surface area contributed by atoms with Gasteiger partial charge in [0.1, 0.15) is 11.6 Å². The quantitative estimate of drug-likeness (QED) is 0.852. The fourth-order valence-corrected chi connectivity index (χ4v) is 2.88. The molecule has 2 aromatic rings. The van der Waals surface area contributed by atoms with Gasteiger partial charge >= 0.3 is 0 Å². The van der Waals surface area contributed by atoms with Crippen molar-refractivity contribution in [2.75, 3.05) is 18.0 Å². The molecule has 3 heterocycles. The third kappa shape index (κ3) is 2.61. The van der Waals surface area contributed by atoms with Crippen LogP contribution in [0.4, 0.5) is 5.82 Å². The van der Waals surface area contributed by atoms with Crippen LogP contribution in [0.25, 0.3) is 0 Å². The lowest BCUT2D eigenvalue weighted by molar-refractivity contribution is 0.331. The van der Waals surface area contributed by atoms with E-state index in [2.05, 4.69) is 20.0 Å². The van der Waals surface area contributed by atoms with Gasteiger partial charge in [0.2, 0.25) is 0 Å². The zero-order chi connectivity index (χ0) is 15.1. The molecule has 22 heavy (non-hydrogen) atoms. The standard InChI is InChI=1S/C16H19N5O/c1-11-2-5-15(22)21(19-11)10-12-8-20(9-12)14-6-7-17-16(18-14)13-3-4-13/h2,5-7,12-13H,3-4,8-10H2,1H3. The molecule has 2 aliphatic rings. The van der Waals surface area contributed by atoms with Crippen molar-refractivity contribution in [2.24, 2.45) is 5.92 Å². The van der Waals surface area contributed by atoms with Crippen molar-refractivity contribution in [3.05, 3.63) is 46.3 Å². The maximum Gasteiger partial charge on any atom is 0.266 e. The van der Waals surface area contributed by atoms with E-state index < -0.39 is 0 Å². The average molecular weight is 297 g/mol. The van der Waals surface area contributed by atoms with E-state index in [0.717, 1.165) is 30.4 Å². The maximum absolute atomic E-state index is 11.8. The summed E-state index contributed by atoms with van der Waals surface area (Å²) in [4.78, 5) is 23.1. The van der Waals surface area contributed by atoms with Gasteiger partial charge < -0.3 is 4.90 Å². The molecule has 1 aliphatic carbocycles. The van der Waals surface area contributed by atoms with Crippen LogP contribution < -0.4 is 10.5 Å². The van der Waals surface area contributed by atoms with Crippen molar-refractivity contribution >= 4 is 5.82 Å². The second-order valence-electron chi connectivity index (χ2n) is 6.31. The molecule has 0 unspecified atom stereocenters. The summed E-state index contributed by atoms with van der Waals surface area (Å²) in [6, 6.07) is 5.32. The predicted molar refractivity (Wildman–Crippen MR) is 82.9 cm³/mol. The first-order valence-corrected chi connectivity index (χ1v) is 7.82. The molecular weight excluding hydrogens is 278 g/mol. The van der Waals surface area contributed by atoms with E-state index in [0.29, 0.717) is 18.4 Å². The van der Waals surface area contributed by atoms with Crippen LogP contribution in [-0.4, -0.2) is 32.8 Å². The Morgan fingerprint density at radius 3 is 2.82 bits per heavy atom. The van der Waals surface area contributed by atoms with Crippen LogP contribution in [0.1, 0.15) is 30.3 Å². The minimum absolute atomic E-state index is 0.0258. The van der Waals surface area contributed by atoms with Gasteiger partial charge in [-0.25, -0.2) is 14.6 Å². The number of hydrogen-bond donors (Lipinski definition) is 0. The average Bonchev–Trinajstić information content (AvgIpc) is 3.30. The van der Waals surface area contributed by atoms with Crippen molar-refractivity contribution in [1.29, 1.82) is 0 Å². The Labute approximate surface area is 128 Å². The first kappa shape index (κ1) is 13.4. The first-order chi connectivity index (χ1) is 10.7. The van der Waals surface area contributed by atoms with Gasteiger partial charge in [-0.2, -0.15) is 5.10 Å². The Morgan fingerprint density at radius 2 is 2.05 bits per heavy atom. The molecule has 6 nitrogen and oxygen atoms in total. The molecule has 1 saturated carbocycles. The third-order valence-electron chi connectivity index (χ3n) is 4.31. The molecule has 4 rings (SSSR count). The van der Waals surface area contributed by atoms with Gasteiger partial charge in [0, 0.05) is 37.2 Å². The van der Waals surface area contributed by atoms with Crippen LogP contribution in [0.2, 0.25) is 0 Å². The SMILES string of the molecule is Cc1ccc(=O)n(CC2CN(c3ccnc(C4CC4)n3)C2)n1. The van der Waals surface area contributed by atoms with Crippen molar-refractivity contribution in [2.45, 2.75) is 32.2 Å². The summed E-state index contributed by atoms with van der Waals surface area (Å²) in [5.74, 6) is 3.02. The van der Waals surface area contributed by atoms with E-state index in [1.807, 2.05) is 19.2 Å². The number of aromatic nitrogens is 4. The van der Waals surface area contributed by atoms with E-state index in [1.54, 1.807) is 16.8 Å². The van der Waals surface area contributed by atoms with Crippen LogP contribution in [0.15, 0.2) is 29.2 Å². The van der Waals surface area contributed by atoms with E-state index >= 15 is 0 Å². The Balaban J connectivity index is 1.40. The lowest BCUT2D eigenvalue weighted by Gasteiger charge is -2.40. The minimum atomic E-state index is -0.0258. The Morgan fingerprint density at radius 1 is 1.23 bits per heavy atom. The van der Waals surface area contributed by atoms with Crippen molar-refractivity contribution < 1.29 is 0 Å². The molecule has 0 aromatic carbocycles. The molecule has 114 valence electrons. The summed E-state index contributed by atoms with van der Waals surface area (Å²) in [5.41, 5.74) is 0.850. The van der Waals surface area contributed by atoms with Crippen LogP contribution in [0.5, 0.6) is 0 Å². The molecule has 1 saturated heterocycles. The van der Waals surface area contributed by atoms with Gasteiger partial charge in [-0.3, -0.25) is 4.79 Å². The number of rotatable bonds is 4. The van der Waals surface area contributed by atoms with Gasteiger partial charge in [-0.15, -0.1) is 0 Å². The van der Waals surface area contributed by atoms with Gasteiger partial charge in [-0.1, -0.05) is 0 Å². The van der Waals surface area contributed by atoms with Gasteiger partial charge in [-0.05, 0) is 31.9 Å². The smallest absolute Gasteiger partial charge is 0.266 e. The second kappa shape index (κ2) is 5.19. The maximum atomic E-state index is 11.8. The summed E-state index contributed by atoms with van der Waals surface area (Å²) in [6.07, 6.45) is 4.29. The van der Waals surface area contributed by atoms with E-state index in [-0.39, 0.29) is 5.56 Å². The zero-order valence-corrected chi connectivity index (χ0v) is 12.6. The summed E-state index contributed by atoms with van der Waals surface area (Å²) in [6.45, 7) is 4.42. The minimum Gasteiger partial charge on any atom is -0.356 e.